The number of aromatic amines is 1. The number of rotatable bonds is 6. The van der Waals surface area contributed by atoms with E-state index in [-0.39, 0.29) is 17.6 Å². The summed E-state index contributed by atoms with van der Waals surface area (Å²) < 4.78 is 5.08. The summed E-state index contributed by atoms with van der Waals surface area (Å²) in [4.78, 5) is 33.1. The zero-order chi connectivity index (χ0) is 19.6. The van der Waals surface area contributed by atoms with Crippen molar-refractivity contribution in [3.63, 3.8) is 0 Å². The lowest BCUT2D eigenvalue weighted by Crippen LogP contribution is -2.26. The Morgan fingerprint density at radius 2 is 1.96 bits per heavy atom. The maximum Gasteiger partial charge on any atom is 0.348 e. The second-order valence-electron chi connectivity index (χ2n) is 6.43. The van der Waals surface area contributed by atoms with Crippen LogP contribution in [-0.2, 0) is 4.74 Å². The zero-order valence-corrected chi connectivity index (χ0v) is 16.6. The molecule has 2 heterocycles. The molecular weight excluding hydrogens is 362 g/mol. The van der Waals surface area contributed by atoms with Crippen LogP contribution >= 0.6 is 11.3 Å². The first-order valence-corrected chi connectivity index (χ1v) is 9.75. The van der Waals surface area contributed by atoms with Crippen molar-refractivity contribution in [3.8, 4) is 0 Å². The summed E-state index contributed by atoms with van der Waals surface area (Å²) in [5, 5.41) is 3.90. The van der Waals surface area contributed by atoms with Crippen LogP contribution in [0.1, 0.15) is 59.5 Å². The Labute approximate surface area is 161 Å². The van der Waals surface area contributed by atoms with Crippen LogP contribution in [0.5, 0.6) is 0 Å². The molecule has 0 aliphatic heterocycles. The number of benzene rings is 1. The number of thiophene rings is 1. The smallest absolute Gasteiger partial charge is 0.348 e. The van der Waals surface area contributed by atoms with Crippen molar-refractivity contribution in [1.82, 2.24) is 15.3 Å². The molecule has 0 bridgehead atoms. The van der Waals surface area contributed by atoms with Gasteiger partial charge in [-0.2, -0.15) is 0 Å². The van der Waals surface area contributed by atoms with Gasteiger partial charge in [0.2, 0.25) is 0 Å². The van der Waals surface area contributed by atoms with Gasteiger partial charge < -0.3 is 15.0 Å². The molecule has 2 aromatic heterocycles. The van der Waals surface area contributed by atoms with Crippen LogP contribution in [0.3, 0.4) is 0 Å². The lowest BCUT2D eigenvalue weighted by atomic mass is 10.1. The maximum atomic E-state index is 12.6. The molecule has 0 aliphatic carbocycles. The molecule has 2 N–H and O–H groups in total. The zero-order valence-electron chi connectivity index (χ0n) is 15.8. The minimum Gasteiger partial charge on any atom is -0.462 e. The number of carbonyl (C=O) groups excluding carboxylic acids is 1. The molecule has 0 amide bonds. The summed E-state index contributed by atoms with van der Waals surface area (Å²) in [6.45, 7) is 7.82. The summed E-state index contributed by atoms with van der Waals surface area (Å²) in [5.41, 5.74) is 1.54. The SMILES string of the molecule is CCOC(=O)c1sc2nc([C@@H](C)N[C@@H](C)c3ccccc3)[nH]c(=O)c2c1C. The van der Waals surface area contributed by atoms with Crippen molar-refractivity contribution in [3.05, 3.63) is 62.5 Å². The Hall–Kier alpha value is -2.51. The predicted octanol–water partition coefficient (Wildman–Crippen LogP) is 3.88. The first-order valence-electron chi connectivity index (χ1n) is 8.93. The van der Waals surface area contributed by atoms with Gasteiger partial charge in [-0.05, 0) is 38.8 Å². The molecule has 0 aliphatic rings. The van der Waals surface area contributed by atoms with Gasteiger partial charge in [0.25, 0.3) is 5.56 Å². The summed E-state index contributed by atoms with van der Waals surface area (Å²) in [5.74, 6) is 0.134. The van der Waals surface area contributed by atoms with Crippen LogP contribution < -0.4 is 10.9 Å². The van der Waals surface area contributed by atoms with Gasteiger partial charge in [-0.3, -0.25) is 4.79 Å². The number of hydrogen-bond donors (Lipinski definition) is 2. The number of H-pyrrole nitrogens is 1. The van der Waals surface area contributed by atoms with E-state index in [0.29, 0.717) is 33.1 Å². The second-order valence-corrected chi connectivity index (χ2v) is 7.43. The Bertz CT molecular complexity index is 1010. The van der Waals surface area contributed by atoms with Crippen LogP contribution in [0.15, 0.2) is 35.1 Å². The Morgan fingerprint density at radius 1 is 1.26 bits per heavy atom. The molecule has 2 atom stereocenters. The number of carbonyl (C=O) groups is 1. The van der Waals surface area contributed by atoms with E-state index in [1.54, 1.807) is 13.8 Å². The molecule has 142 valence electrons. The first kappa shape index (κ1) is 19.3. The number of aryl methyl sites for hydroxylation is 1. The van der Waals surface area contributed by atoms with E-state index in [0.717, 1.165) is 5.56 Å². The lowest BCUT2D eigenvalue weighted by molar-refractivity contribution is 0.0531. The molecule has 0 saturated heterocycles. The summed E-state index contributed by atoms with van der Waals surface area (Å²) in [6, 6.07) is 10.0. The van der Waals surface area contributed by atoms with Gasteiger partial charge >= 0.3 is 5.97 Å². The van der Waals surface area contributed by atoms with Gasteiger partial charge in [-0.25, -0.2) is 9.78 Å². The molecule has 0 fully saturated rings. The fourth-order valence-electron chi connectivity index (χ4n) is 3.05. The Kier molecular flexibility index (Phi) is 5.72. The van der Waals surface area contributed by atoms with E-state index in [9.17, 15) is 9.59 Å². The number of fused-ring (bicyclic) bond motifs is 1. The van der Waals surface area contributed by atoms with Crippen LogP contribution in [0.2, 0.25) is 0 Å². The molecule has 3 rings (SSSR count). The third kappa shape index (κ3) is 3.94. The molecule has 1 aromatic carbocycles. The third-order valence-electron chi connectivity index (χ3n) is 4.49. The highest BCUT2D eigenvalue weighted by Crippen LogP contribution is 2.28. The van der Waals surface area contributed by atoms with Gasteiger partial charge in [0.05, 0.1) is 18.0 Å². The Morgan fingerprint density at radius 3 is 2.63 bits per heavy atom. The summed E-state index contributed by atoms with van der Waals surface area (Å²) in [6.07, 6.45) is 0. The van der Waals surface area contributed by atoms with Crippen LogP contribution in [0.25, 0.3) is 10.2 Å². The van der Waals surface area contributed by atoms with Crippen LogP contribution in [-0.4, -0.2) is 22.5 Å². The molecule has 0 spiro atoms. The van der Waals surface area contributed by atoms with E-state index in [2.05, 4.69) is 34.3 Å². The van der Waals surface area contributed by atoms with E-state index in [4.69, 9.17) is 4.74 Å². The molecule has 3 aromatic rings. The fourth-order valence-corrected chi connectivity index (χ4v) is 4.13. The van der Waals surface area contributed by atoms with Crippen molar-refractivity contribution in [2.75, 3.05) is 6.61 Å². The van der Waals surface area contributed by atoms with E-state index < -0.39 is 5.97 Å². The van der Waals surface area contributed by atoms with Gasteiger partial charge in [-0.15, -0.1) is 11.3 Å². The minimum atomic E-state index is -0.414. The molecule has 6 nitrogen and oxygen atoms in total. The topological polar surface area (TPSA) is 84.1 Å². The molecule has 7 heteroatoms. The number of esters is 1. The number of hydrogen-bond acceptors (Lipinski definition) is 6. The van der Waals surface area contributed by atoms with Gasteiger partial charge in [-0.1, -0.05) is 30.3 Å². The normalized spacial score (nSPS) is 13.5. The third-order valence-corrected chi connectivity index (χ3v) is 5.66. The fraction of sp³-hybridized carbons (Fsp3) is 0.350. The monoisotopic (exact) mass is 385 g/mol. The Balaban J connectivity index is 1.91. The van der Waals surface area contributed by atoms with Crippen molar-refractivity contribution in [2.45, 2.75) is 39.8 Å². The molecular formula is C20H23N3O3S. The highest BCUT2D eigenvalue weighted by Gasteiger charge is 2.21. The summed E-state index contributed by atoms with van der Waals surface area (Å²) >= 11 is 1.20. The van der Waals surface area contributed by atoms with Crippen LogP contribution in [0, 0.1) is 6.92 Å². The average Bonchev–Trinajstić information content (AvgIpc) is 2.99. The summed E-state index contributed by atoms with van der Waals surface area (Å²) in [7, 11) is 0. The molecule has 0 saturated carbocycles. The highest BCUT2D eigenvalue weighted by molar-refractivity contribution is 7.20. The van der Waals surface area contributed by atoms with Crippen molar-refractivity contribution < 1.29 is 9.53 Å². The van der Waals surface area contributed by atoms with Gasteiger partial charge in [0, 0.05) is 6.04 Å². The lowest BCUT2D eigenvalue weighted by Gasteiger charge is -2.19. The number of ether oxygens (including phenoxy) is 1. The second kappa shape index (κ2) is 8.02. The van der Waals surface area contributed by atoms with E-state index >= 15 is 0 Å². The first-order chi connectivity index (χ1) is 12.9. The van der Waals surface area contributed by atoms with E-state index in [1.165, 1.54) is 11.3 Å². The molecule has 0 unspecified atom stereocenters. The van der Waals surface area contributed by atoms with Crippen molar-refractivity contribution >= 4 is 27.5 Å². The van der Waals surface area contributed by atoms with Gasteiger partial charge in [0.15, 0.2) is 0 Å². The van der Waals surface area contributed by atoms with Crippen LogP contribution in [0.4, 0.5) is 0 Å². The quantitative estimate of drug-likeness (QED) is 0.629. The standard InChI is InChI=1S/C20H23N3O3S/c1-5-26-20(25)16-11(2)15-18(24)22-17(23-19(15)27-16)13(4)21-12(3)14-9-7-6-8-10-14/h6-10,12-13,21H,5H2,1-4H3,(H,22,23,24)/t12-,13+/m0/s1. The largest absolute Gasteiger partial charge is 0.462 e. The molecule has 0 radical (unpaired) electrons. The van der Waals surface area contributed by atoms with E-state index in [1.807, 2.05) is 25.1 Å². The predicted molar refractivity (Wildman–Crippen MR) is 107 cm³/mol. The number of nitrogens with zero attached hydrogens (tertiary/aromatic N) is 1. The highest BCUT2D eigenvalue weighted by atomic mass is 32.1. The number of nitrogens with one attached hydrogen (secondary N) is 2. The van der Waals surface area contributed by atoms with Crippen molar-refractivity contribution in [1.29, 1.82) is 0 Å². The van der Waals surface area contributed by atoms with Gasteiger partial charge in [0.1, 0.15) is 15.5 Å². The van der Waals surface area contributed by atoms with Crippen molar-refractivity contribution in [2.24, 2.45) is 0 Å². The number of aromatic nitrogens is 2. The molecule has 27 heavy (non-hydrogen) atoms. The maximum absolute atomic E-state index is 12.6. The average molecular weight is 385 g/mol. The minimum absolute atomic E-state index is 0.0994.